The molecular formula is C28H27N3O4. The first-order chi connectivity index (χ1) is 17.1. The molecule has 2 amide bonds. The number of carbonyl (C=O) groups is 2. The Labute approximate surface area is 205 Å². The molecule has 7 nitrogen and oxygen atoms in total. The van der Waals surface area contributed by atoms with Crippen molar-refractivity contribution in [1.29, 1.82) is 5.26 Å². The van der Waals surface area contributed by atoms with Crippen LogP contribution in [0, 0.1) is 11.3 Å². The van der Waals surface area contributed by atoms with Crippen LogP contribution in [0.3, 0.4) is 0 Å². The number of nitrogens with zero attached hydrogens (tertiary/aromatic N) is 1. The molecule has 0 aromatic heterocycles. The lowest BCUT2D eigenvalue weighted by molar-refractivity contribution is -0.118. The zero-order valence-corrected chi connectivity index (χ0v) is 19.5. The predicted octanol–water partition coefficient (Wildman–Crippen LogP) is 4.37. The number of amides is 2. The van der Waals surface area contributed by atoms with Crippen LogP contribution in [0.4, 0.5) is 5.69 Å². The molecule has 0 atom stereocenters. The highest BCUT2D eigenvalue weighted by atomic mass is 16.5. The summed E-state index contributed by atoms with van der Waals surface area (Å²) in [4.78, 5) is 24.7. The topological polar surface area (TPSA) is 100 Å². The summed E-state index contributed by atoms with van der Waals surface area (Å²) in [5.41, 5.74) is 2.36. The molecule has 0 bridgehead atoms. The van der Waals surface area contributed by atoms with Crippen LogP contribution in [0.15, 0.2) is 84.4 Å². The van der Waals surface area contributed by atoms with E-state index in [0.29, 0.717) is 42.3 Å². The van der Waals surface area contributed by atoms with E-state index in [2.05, 4.69) is 10.6 Å². The molecule has 0 aliphatic rings. The van der Waals surface area contributed by atoms with Gasteiger partial charge >= 0.3 is 0 Å². The van der Waals surface area contributed by atoms with Crippen molar-refractivity contribution in [2.45, 2.75) is 13.3 Å². The van der Waals surface area contributed by atoms with E-state index in [1.807, 2.05) is 61.5 Å². The van der Waals surface area contributed by atoms with Crippen LogP contribution in [0.1, 0.15) is 18.1 Å². The Balaban J connectivity index is 1.62. The van der Waals surface area contributed by atoms with Gasteiger partial charge in [0.15, 0.2) is 18.1 Å². The van der Waals surface area contributed by atoms with Crippen LogP contribution in [-0.4, -0.2) is 31.6 Å². The van der Waals surface area contributed by atoms with Gasteiger partial charge in [0.25, 0.3) is 11.8 Å². The van der Waals surface area contributed by atoms with Crippen molar-refractivity contribution in [3.63, 3.8) is 0 Å². The minimum Gasteiger partial charge on any atom is -0.490 e. The Hall–Kier alpha value is -4.57. The molecule has 0 spiro atoms. The van der Waals surface area contributed by atoms with Gasteiger partial charge in [-0.2, -0.15) is 5.26 Å². The first kappa shape index (κ1) is 25.1. The molecule has 7 heteroatoms. The van der Waals surface area contributed by atoms with Crippen LogP contribution >= 0.6 is 0 Å². The van der Waals surface area contributed by atoms with Gasteiger partial charge in [-0.05, 0) is 54.8 Å². The first-order valence-corrected chi connectivity index (χ1v) is 11.3. The Bertz CT molecular complexity index is 1200. The van der Waals surface area contributed by atoms with E-state index in [1.165, 1.54) is 6.08 Å². The van der Waals surface area contributed by atoms with Crippen molar-refractivity contribution in [2.24, 2.45) is 0 Å². The third-order valence-corrected chi connectivity index (χ3v) is 4.90. The molecule has 178 valence electrons. The number of anilines is 1. The number of nitriles is 1. The number of para-hydroxylation sites is 1. The highest BCUT2D eigenvalue weighted by Crippen LogP contribution is 2.29. The SMILES string of the molecule is CCOc1cc(/C=C(\C#N)C(=O)NCCc2ccccc2)ccc1OCC(=O)Nc1ccccc1. The minimum absolute atomic E-state index is 0.0172. The van der Waals surface area contributed by atoms with Crippen molar-refractivity contribution in [2.75, 3.05) is 25.1 Å². The fourth-order valence-corrected chi connectivity index (χ4v) is 3.24. The molecule has 35 heavy (non-hydrogen) atoms. The number of benzene rings is 3. The Morgan fingerprint density at radius 1 is 0.943 bits per heavy atom. The highest BCUT2D eigenvalue weighted by molar-refractivity contribution is 6.01. The van der Waals surface area contributed by atoms with Crippen LogP contribution in [0.25, 0.3) is 6.08 Å². The van der Waals surface area contributed by atoms with E-state index < -0.39 is 5.91 Å². The normalized spacial score (nSPS) is 10.7. The molecule has 3 aromatic carbocycles. The smallest absolute Gasteiger partial charge is 0.262 e. The second kappa shape index (κ2) is 13.2. The van der Waals surface area contributed by atoms with Gasteiger partial charge in [0.1, 0.15) is 11.6 Å². The molecule has 0 heterocycles. The lowest BCUT2D eigenvalue weighted by atomic mass is 10.1. The molecule has 0 aliphatic heterocycles. The Morgan fingerprint density at radius 3 is 2.34 bits per heavy atom. The molecule has 0 fully saturated rings. The second-order valence-corrected chi connectivity index (χ2v) is 7.50. The van der Waals surface area contributed by atoms with E-state index in [-0.39, 0.29) is 18.1 Å². The molecule has 3 aromatic rings. The molecule has 0 unspecified atom stereocenters. The molecule has 0 aliphatic carbocycles. The number of carbonyl (C=O) groups excluding carboxylic acids is 2. The van der Waals surface area contributed by atoms with Gasteiger partial charge in [-0.25, -0.2) is 0 Å². The summed E-state index contributed by atoms with van der Waals surface area (Å²) < 4.78 is 11.3. The third-order valence-electron chi connectivity index (χ3n) is 4.90. The van der Waals surface area contributed by atoms with Crippen molar-refractivity contribution in [1.82, 2.24) is 5.32 Å². The van der Waals surface area contributed by atoms with Crippen LogP contribution in [-0.2, 0) is 16.0 Å². The van der Waals surface area contributed by atoms with Crippen molar-refractivity contribution in [3.05, 3.63) is 95.6 Å². The highest BCUT2D eigenvalue weighted by Gasteiger charge is 2.12. The predicted molar refractivity (Wildman–Crippen MR) is 135 cm³/mol. The van der Waals surface area contributed by atoms with Crippen molar-refractivity contribution in [3.8, 4) is 17.6 Å². The lowest BCUT2D eigenvalue weighted by Gasteiger charge is -2.13. The number of ether oxygens (including phenoxy) is 2. The van der Waals surface area contributed by atoms with E-state index >= 15 is 0 Å². The summed E-state index contributed by atoms with van der Waals surface area (Å²) in [5, 5.41) is 15.0. The second-order valence-electron chi connectivity index (χ2n) is 7.50. The summed E-state index contributed by atoms with van der Waals surface area (Å²) in [7, 11) is 0. The van der Waals surface area contributed by atoms with Gasteiger partial charge in [0.2, 0.25) is 0 Å². The van der Waals surface area contributed by atoms with Crippen molar-refractivity contribution >= 4 is 23.6 Å². The minimum atomic E-state index is -0.445. The Kier molecular flexibility index (Phi) is 9.46. The van der Waals surface area contributed by atoms with Gasteiger partial charge in [0, 0.05) is 12.2 Å². The third kappa shape index (κ3) is 8.06. The maximum absolute atomic E-state index is 12.5. The summed E-state index contributed by atoms with van der Waals surface area (Å²) in [6.07, 6.45) is 2.16. The summed E-state index contributed by atoms with van der Waals surface area (Å²) in [6, 6.07) is 25.8. The number of hydrogen-bond acceptors (Lipinski definition) is 5. The molecular weight excluding hydrogens is 442 g/mol. The van der Waals surface area contributed by atoms with Gasteiger partial charge in [-0.3, -0.25) is 9.59 Å². The standard InChI is InChI=1S/C28H27N3O4/c1-2-34-26-18-22(13-14-25(26)35-20-27(32)31-24-11-7-4-8-12-24)17-23(19-29)28(33)30-16-15-21-9-5-3-6-10-21/h3-14,17-18H,2,15-16,20H2,1H3,(H,30,33)(H,31,32)/b23-17+. The number of nitrogens with one attached hydrogen (secondary N) is 2. The maximum Gasteiger partial charge on any atom is 0.262 e. The zero-order valence-electron chi connectivity index (χ0n) is 19.5. The maximum atomic E-state index is 12.5. The quantitative estimate of drug-likeness (QED) is 0.321. The summed E-state index contributed by atoms with van der Waals surface area (Å²) in [6.45, 7) is 2.43. The fourth-order valence-electron chi connectivity index (χ4n) is 3.24. The first-order valence-electron chi connectivity index (χ1n) is 11.3. The Morgan fingerprint density at radius 2 is 1.66 bits per heavy atom. The van der Waals surface area contributed by atoms with Crippen LogP contribution < -0.4 is 20.1 Å². The van der Waals surface area contributed by atoms with Gasteiger partial charge in [-0.15, -0.1) is 0 Å². The summed E-state index contributed by atoms with van der Waals surface area (Å²) >= 11 is 0. The van der Waals surface area contributed by atoms with Gasteiger partial charge < -0.3 is 20.1 Å². The zero-order chi connectivity index (χ0) is 24.9. The van der Waals surface area contributed by atoms with Crippen molar-refractivity contribution < 1.29 is 19.1 Å². The van der Waals surface area contributed by atoms with E-state index in [4.69, 9.17) is 9.47 Å². The van der Waals surface area contributed by atoms with Gasteiger partial charge in [-0.1, -0.05) is 54.6 Å². The summed E-state index contributed by atoms with van der Waals surface area (Å²) in [5.74, 6) is 0.0504. The molecule has 2 N–H and O–H groups in total. The fraction of sp³-hybridized carbons (Fsp3) is 0.179. The molecule has 0 saturated carbocycles. The van der Waals surface area contributed by atoms with E-state index in [1.54, 1.807) is 30.3 Å². The molecule has 0 radical (unpaired) electrons. The van der Waals surface area contributed by atoms with Crippen LogP contribution in [0.5, 0.6) is 11.5 Å². The van der Waals surface area contributed by atoms with E-state index in [9.17, 15) is 14.9 Å². The number of rotatable bonds is 11. The molecule has 3 rings (SSSR count). The molecule has 0 saturated heterocycles. The lowest BCUT2D eigenvalue weighted by Crippen LogP contribution is -2.26. The monoisotopic (exact) mass is 469 g/mol. The largest absolute Gasteiger partial charge is 0.490 e. The number of hydrogen-bond donors (Lipinski definition) is 2. The van der Waals surface area contributed by atoms with Crippen LogP contribution in [0.2, 0.25) is 0 Å². The average Bonchev–Trinajstić information content (AvgIpc) is 2.88. The van der Waals surface area contributed by atoms with E-state index in [0.717, 1.165) is 5.56 Å². The van der Waals surface area contributed by atoms with Gasteiger partial charge in [0.05, 0.1) is 6.61 Å². The average molecular weight is 470 g/mol.